The van der Waals surface area contributed by atoms with Gasteiger partial charge in [0.25, 0.3) is 0 Å². The van der Waals surface area contributed by atoms with E-state index in [1.165, 1.54) is 6.20 Å². The highest BCUT2D eigenvalue weighted by molar-refractivity contribution is 5.87. The molecule has 4 rings (SSSR count). The number of piperazine rings is 1. The van der Waals surface area contributed by atoms with Gasteiger partial charge in [0.15, 0.2) is 0 Å². The molecule has 4 N–H and O–H groups in total. The molecule has 2 aromatic heterocycles. The monoisotopic (exact) mass is 368 g/mol. The lowest BCUT2D eigenvalue weighted by molar-refractivity contribution is 0.0696. The predicted molar refractivity (Wildman–Crippen MR) is 102 cm³/mol. The van der Waals surface area contributed by atoms with E-state index in [0.29, 0.717) is 0 Å². The number of carboxylic acids is 1. The molecule has 1 aliphatic carbocycles. The summed E-state index contributed by atoms with van der Waals surface area (Å²) in [6.45, 7) is 3.63. The number of aromatic nitrogens is 3. The second-order valence-corrected chi connectivity index (χ2v) is 7.12. The van der Waals surface area contributed by atoms with Crippen molar-refractivity contribution in [3.8, 4) is 0 Å². The minimum atomic E-state index is -0.970. The molecule has 0 saturated carbocycles. The van der Waals surface area contributed by atoms with Crippen molar-refractivity contribution < 1.29 is 9.90 Å². The quantitative estimate of drug-likeness (QED) is 0.696. The van der Waals surface area contributed by atoms with Gasteiger partial charge in [0, 0.05) is 50.1 Å². The van der Waals surface area contributed by atoms with Gasteiger partial charge in [0.1, 0.15) is 5.82 Å². The summed E-state index contributed by atoms with van der Waals surface area (Å²) in [6.07, 6.45) is 7.03. The van der Waals surface area contributed by atoms with Crippen LogP contribution in [0.5, 0.6) is 0 Å². The number of rotatable bonds is 3. The zero-order valence-electron chi connectivity index (χ0n) is 15.2. The Morgan fingerprint density at radius 3 is 2.81 bits per heavy atom. The van der Waals surface area contributed by atoms with Crippen LogP contribution in [0.15, 0.2) is 18.5 Å². The van der Waals surface area contributed by atoms with Crippen LogP contribution in [0.4, 0.5) is 11.8 Å². The number of fused-ring (bicyclic) bond motifs is 1. The number of carbonyl (C=O) groups is 1. The standard InChI is InChI=1S/C19H24N6O2/c20-19-23-16-14(12-9-13(18(26)27)11-22-10-12)3-1-2-4-15(16)17(24-19)25-7-5-21-6-8-25/h9-11,14,21H,1-8H2,(H,26,27)(H2,20,23,24). The van der Waals surface area contributed by atoms with Crippen molar-refractivity contribution in [3.05, 3.63) is 40.8 Å². The second kappa shape index (κ2) is 7.48. The maximum absolute atomic E-state index is 11.4. The van der Waals surface area contributed by atoms with E-state index < -0.39 is 5.97 Å². The molecule has 2 aliphatic rings. The lowest BCUT2D eigenvalue weighted by Crippen LogP contribution is -2.44. The molecule has 2 aromatic rings. The maximum atomic E-state index is 11.4. The first-order valence-electron chi connectivity index (χ1n) is 9.43. The molecule has 1 aliphatic heterocycles. The third-order valence-electron chi connectivity index (χ3n) is 5.36. The molecule has 8 nitrogen and oxygen atoms in total. The normalized spacial score (nSPS) is 20.0. The molecule has 1 unspecified atom stereocenters. The molecule has 0 aromatic carbocycles. The number of nitrogens with two attached hydrogens (primary N) is 1. The number of nitrogens with zero attached hydrogens (tertiary/aromatic N) is 4. The predicted octanol–water partition coefficient (Wildman–Crippen LogP) is 1.42. The summed E-state index contributed by atoms with van der Waals surface area (Å²) in [5.74, 6) is 0.230. The smallest absolute Gasteiger partial charge is 0.337 e. The highest BCUT2D eigenvalue weighted by Gasteiger charge is 2.28. The van der Waals surface area contributed by atoms with Crippen LogP contribution in [0.1, 0.15) is 52.4 Å². The summed E-state index contributed by atoms with van der Waals surface area (Å²) in [4.78, 5) is 27.0. The topological polar surface area (TPSA) is 117 Å². The van der Waals surface area contributed by atoms with Crippen LogP contribution in [0, 0.1) is 0 Å². The Morgan fingerprint density at radius 1 is 1.22 bits per heavy atom. The van der Waals surface area contributed by atoms with Gasteiger partial charge in [-0.15, -0.1) is 0 Å². The highest BCUT2D eigenvalue weighted by atomic mass is 16.4. The molecule has 1 saturated heterocycles. The first-order valence-corrected chi connectivity index (χ1v) is 9.43. The molecule has 0 spiro atoms. The van der Waals surface area contributed by atoms with Crippen molar-refractivity contribution in [3.63, 3.8) is 0 Å². The van der Waals surface area contributed by atoms with Gasteiger partial charge >= 0.3 is 5.97 Å². The van der Waals surface area contributed by atoms with Gasteiger partial charge in [-0.05, 0) is 30.9 Å². The minimum absolute atomic E-state index is 0.0127. The molecule has 3 heterocycles. The van der Waals surface area contributed by atoms with Gasteiger partial charge in [0.05, 0.1) is 11.3 Å². The van der Waals surface area contributed by atoms with Gasteiger partial charge in [-0.3, -0.25) is 4.98 Å². The molecule has 8 heteroatoms. The fourth-order valence-electron chi connectivity index (χ4n) is 4.05. The molecular formula is C19H24N6O2. The van der Waals surface area contributed by atoms with E-state index in [0.717, 1.165) is 74.5 Å². The van der Waals surface area contributed by atoms with E-state index in [4.69, 9.17) is 5.73 Å². The summed E-state index contributed by atoms with van der Waals surface area (Å²) >= 11 is 0. The molecule has 0 amide bonds. The van der Waals surface area contributed by atoms with Crippen LogP contribution >= 0.6 is 0 Å². The van der Waals surface area contributed by atoms with Crippen LogP contribution in [-0.2, 0) is 6.42 Å². The molecule has 142 valence electrons. The Labute approximate surface area is 157 Å². The van der Waals surface area contributed by atoms with E-state index in [1.807, 2.05) is 0 Å². The van der Waals surface area contributed by atoms with E-state index in [9.17, 15) is 9.90 Å². The number of anilines is 2. The molecule has 0 bridgehead atoms. The number of hydrogen-bond donors (Lipinski definition) is 3. The SMILES string of the molecule is Nc1nc2c(c(N3CCNCC3)n1)CCCCC2c1cncc(C(=O)O)c1. The number of carboxylic acid groups (broad SMARTS) is 1. The van der Waals surface area contributed by atoms with Crippen molar-refractivity contribution >= 4 is 17.7 Å². The van der Waals surface area contributed by atoms with Crippen molar-refractivity contribution in [2.24, 2.45) is 0 Å². The van der Waals surface area contributed by atoms with Crippen LogP contribution in [-0.4, -0.2) is 52.2 Å². The number of hydrogen-bond acceptors (Lipinski definition) is 7. The molecular weight excluding hydrogens is 344 g/mol. The molecule has 0 radical (unpaired) electrons. The van der Waals surface area contributed by atoms with Crippen molar-refractivity contribution in [2.45, 2.75) is 31.6 Å². The number of pyridine rings is 1. The van der Waals surface area contributed by atoms with Crippen LogP contribution in [0.3, 0.4) is 0 Å². The average Bonchev–Trinajstić information content (AvgIpc) is 2.90. The Bertz CT molecular complexity index is 850. The second-order valence-electron chi connectivity index (χ2n) is 7.12. The Hall–Kier alpha value is -2.74. The van der Waals surface area contributed by atoms with Crippen LogP contribution < -0.4 is 16.0 Å². The lowest BCUT2D eigenvalue weighted by Gasteiger charge is -2.31. The van der Waals surface area contributed by atoms with Crippen LogP contribution in [0.25, 0.3) is 0 Å². The molecule has 1 fully saturated rings. The third-order valence-corrected chi connectivity index (χ3v) is 5.36. The first kappa shape index (κ1) is 17.7. The van der Waals surface area contributed by atoms with E-state index in [-0.39, 0.29) is 17.4 Å². The van der Waals surface area contributed by atoms with Gasteiger partial charge in [-0.25, -0.2) is 9.78 Å². The highest BCUT2D eigenvalue weighted by Crippen LogP contribution is 2.38. The van der Waals surface area contributed by atoms with Gasteiger partial charge in [-0.2, -0.15) is 4.98 Å². The van der Waals surface area contributed by atoms with Crippen molar-refractivity contribution in [1.82, 2.24) is 20.3 Å². The zero-order chi connectivity index (χ0) is 18.8. The van der Waals surface area contributed by atoms with E-state index >= 15 is 0 Å². The minimum Gasteiger partial charge on any atom is -0.478 e. The number of aromatic carboxylic acids is 1. The largest absolute Gasteiger partial charge is 0.478 e. The van der Waals surface area contributed by atoms with Gasteiger partial charge < -0.3 is 21.1 Å². The lowest BCUT2D eigenvalue weighted by atomic mass is 9.90. The Kier molecular flexibility index (Phi) is 4.89. The zero-order valence-corrected chi connectivity index (χ0v) is 15.2. The summed E-state index contributed by atoms with van der Waals surface area (Å²) in [5.41, 5.74) is 9.23. The van der Waals surface area contributed by atoms with Gasteiger partial charge in [-0.1, -0.05) is 6.42 Å². The first-order chi connectivity index (χ1) is 13.1. The summed E-state index contributed by atoms with van der Waals surface area (Å²) < 4.78 is 0. The molecule has 27 heavy (non-hydrogen) atoms. The van der Waals surface area contributed by atoms with Gasteiger partial charge in [0.2, 0.25) is 5.95 Å². The number of nitrogens with one attached hydrogen (secondary N) is 1. The fourth-order valence-corrected chi connectivity index (χ4v) is 4.05. The van der Waals surface area contributed by atoms with Crippen molar-refractivity contribution in [2.75, 3.05) is 36.8 Å². The maximum Gasteiger partial charge on any atom is 0.337 e. The summed E-state index contributed by atoms with van der Waals surface area (Å²) in [6, 6.07) is 1.71. The van der Waals surface area contributed by atoms with E-state index in [1.54, 1.807) is 12.3 Å². The fraction of sp³-hybridized carbons (Fsp3) is 0.474. The summed E-state index contributed by atoms with van der Waals surface area (Å²) in [5, 5.41) is 12.7. The number of nitrogen functional groups attached to an aromatic ring is 1. The summed E-state index contributed by atoms with van der Waals surface area (Å²) in [7, 11) is 0. The Morgan fingerprint density at radius 2 is 2.04 bits per heavy atom. The molecule has 1 atom stereocenters. The third kappa shape index (κ3) is 3.57. The van der Waals surface area contributed by atoms with E-state index in [2.05, 4.69) is 25.2 Å². The van der Waals surface area contributed by atoms with Crippen molar-refractivity contribution in [1.29, 1.82) is 0 Å². The Balaban J connectivity index is 1.80. The van der Waals surface area contributed by atoms with Crippen LogP contribution in [0.2, 0.25) is 0 Å². The average molecular weight is 368 g/mol.